The highest BCUT2D eigenvalue weighted by Crippen LogP contribution is 2.33. The molecule has 1 heterocycles. The van der Waals surface area contributed by atoms with Gasteiger partial charge in [0, 0.05) is 50.3 Å². The van der Waals surface area contributed by atoms with Crippen molar-refractivity contribution in [3.8, 4) is 0 Å². The summed E-state index contributed by atoms with van der Waals surface area (Å²) in [6.45, 7) is 3.82. The van der Waals surface area contributed by atoms with Gasteiger partial charge in [-0.15, -0.1) is 0 Å². The Morgan fingerprint density at radius 1 is 1.00 bits per heavy atom. The van der Waals surface area contributed by atoms with E-state index in [9.17, 15) is 27.6 Å². The van der Waals surface area contributed by atoms with Crippen LogP contribution in [0, 0.1) is 11.7 Å². The Morgan fingerprint density at radius 3 is 2.30 bits per heavy atom. The second-order valence-electron chi connectivity index (χ2n) is 12.8. The van der Waals surface area contributed by atoms with Crippen LogP contribution >= 0.6 is 0 Å². The van der Waals surface area contributed by atoms with Crippen LogP contribution in [0.15, 0.2) is 47.5 Å². The highest BCUT2D eigenvalue weighted by Gasteiger charge is 2.44. The number of anilines is 2. The molecule has 12 nitrogen and oxygen atoms in total. The maximum Gasteiger partial charge on any atom is 0.349 e. The van der Waals surface area contributed by atoms with Gasteiger partial charge in [-0.05, 0) is 55.6 Å². The fourth-order valence-electron chi connectivity index (χ4n) is 5.98. The van der Waals surface area contributed by atoms with E-state index in [0.717, 1.165) is 30.9 Å². The lowest BCUT2D eigenvalue weighted by Crippen LogP contribution is -2.52. The Labute approximate surface area is 289 Å². The van der Waals surface area contributed by atoms with Crippen LogP contribution in [0.4, 0.5) is 24.5 Å². The number of piperazine rings is 1. The number of halogens is 3. The molecule has 50 heavy (non-hydrogen) atoms. The number of sulfonamides is 1. The van der Waals surface area contributed by atoms with Crippen molar-refractivity contribution < 1.29 is 40.8 Å². The van der Waals surface area contributed by atoms with E-state index in [4.69, 9.17) is 0 Å². The summed E-state index contributed by atoms with van der Waals surface area (Å²) in [7, 11) is -1.85. The lowest BCUT2D eigenvalue weighted by atomic mass is 9.83. The van der Waals surface area contributed by atoms with Crippen molar-refractivity contribution in [3.63, 3.8) is 0 Å². The SMILES string of the molecule is CCC(=O)N=C(Cc1ccc(NC(=O)[C@@H](NC(=O)C(F)(F)c2cccc(NS(C)(=O)=O)c2)C2CCCCC2)c(F)c1)C(=O)N1CCN(C)CC1. The molecule has 1 atom stereocenters. The van der Waals surface area contributed by atoms with Crippen molar-refractivity contribution in [3.05, 3.63) is 59.4 Å². The quantitative estimate of drug-likeness (QED) is 0.283. The van der Waals surface area contributed by atoms with Crippen LogP contribution < -0.4 is 15.4 Å². The molecule has 1 aliphatic carbocycles. The van der Waals surface area contributed by atoms with E-state index in [1.807, 2.05) is 7.05 Å². The van der Waals surface area contributed by atoms with E-state index in [2.05, 4.69) is 25.2 Å². The Balaban J connectivity index is 1.52. The van der Waals surface area contributed by atoms with Gasteiger partial charge < -0.3 is 20.4 Å². The van der Waals surface area contributed by atoms with E-state index in [1.54, 1.807) is 11.8 Å². The van der Waals surface area contributed by atoms with Gasteiger partial charge in [0.15, 0.2) is 0 Å². The van der Waals surface area contributed by atoms with E-state index in [0.29, 0.717) is 57.4 Å². The first-order valence-corrected chi connectivity index (χ1v) is 18.4. The molecule has 1 saturated heterocycles. The molecule has 1 saturated carbocycles. The van der Waals surface area contributed by atoms with Gasteiger partial charge in [-0.2, -0.15) is 8.78 Å². The van der Waals surface area contributed by atoms with Crippen molar-refractivity contribution in [2.75, 3.05) is 49.5 Å². The van der Waals surface area contributed by atoms with Crippen LogP contribution in [0.5, 0.6) is 0 Å². The number of carbonyl (C=O) groups excluding carboxylic acids is 4. The summed E-state index contributed by atoms with van der Waals surface area (Å²) in [5.41, 5.74) is -0.945. The largest absolute Gasteiger partial charge is 0.349 e. The maximum atomic E-state index is 15.4. The van der Waals surface area contributed by atoms with Crippen LogP contribution in [0.2, 0.25) is 0 Å². The Morgan fingerprint density at radius 2 is 1.68 bits per heavy atom. The number of carbonyl (C=O) groups is 4. The molecule has 0 bridgehead atoms. The van der Waals surface area contributed by atoms with Gasteiger partial charge in [-0.25, -0.2) is 17.8 Å². The third kappa shape index (κ3) is 10.4. The Hall–Kier alpha value is -4.31. The molecule has 2 aliphatic rings. The number of nitrogens with zero attached hydrogens (tertiary/aromatic N) is 3. The number of rotatable bonds is 12. The molecule has 2 fully saturated rings. The molecule has 2 aromatic carbocycles. The summed E-state index contributed by atoms with van der Waals surface area (Å²) in [4.78, 5) is 59.7. The van der Waals surface area contributed by atoms with Crippen molar-refractivity contribution in [1.82, 2.24) is 15.1 Å². The summed E-state index contributed by atoms with van der Waals surface area (Å²) in [5.74, 6) is -9.09. The minimum atomic E-state index is -4.14. The van der Waals surface area contributed by atoms with Gasteiger partial charge in [-0.1, -0.05) is 44.4 Å². The first-order chi connectivity index (χ1) is 23.6. The summed E-state index contributed by atoms with van der Waals surface area (Å²) >= 11 is 0. The van der Waals surface area contributed by atoms with Gasteiger partial charge in [-0.3, -0.25) is 23.9 Å². The van der Waals surface area contributed by atoms with Crippen LogP contribution in [0.25, 0.3) is 0 Å². The molecule has 0 aromatic heterocycles. The van der Waals surface area contributed by atoms with Crippen molar-refractivity contribution >= 4 is 50.7 Å². The van der Waals surface area contributed by atoms with Crippen molar-refractivity contribution in [1.29, 1.82) is 0 Å². The average molecular weight is 721 g/mol. The van der Waals surface area contributed by atoms with Crippen LogP contribution in [-0.4, -0.2) is 93.1 Å². The molecule has 0 radical (unpaired) electrons. The zero-order valence-electron chi connectivity index (χ0n) is 28.3. The minimum Gasteiger partial charge on any atom is -0.338 e. The average Bonchev–Trinajstić information content (AvgIpc) is 3.07. The molecule has 1 aliphatic heterocycles. The second-order valence-corrected chi connectivity index (χ2v) is 14.5. The number of nitrogens with one attached hydrogen (secondary N) is 3. The van der Waals surface area contributed by atoms with E-state index in [-0.39, 0.29) is 29.9 Å². The van der Waals surface area contributed by atoms with E-state index >= 15 is 13.2 Å². The monoisotopic (exact) mass is 720 g/mol. The lowest BCUT2D eigenvalue weighted by Gasteiger charge is -2.32. The first kappa shape index (κ1) is 38.5. The van der Waals surface area contributed by atoms with Crippen LogP contribution in [0.1, 0.15) is 56.6 Å². The van der Waals surface area contributed by atoms with Gasteiger partial charge in [0.05, 0.1) is 11.9 Å². The number of hydrogen-bond acceptors (Lipinski definition) is 7. The first-order valence-electron chi connectivity index (χ1n) is 16.5. The molecule has 16 heteroatoms. The molecule has 272 valence electrons. The summed E-state index contributed by atoms with van der Waals surface area (Å²) in [5, 5.41) is 4.61. The molecular formula is C34H43F3N6O6S. The molecule has 0 unspecified atom stereocenters. The Bertz CT molecular complexity index is 1720. The smallest absolute Gasteiger partial charge is 0.338 e. The fourth-order valence-corrected chi connectivity index (χ4v) is 6.53. The number of aliphatic imine (C=N–C) groups is 1. The molecule has 4 amide bonds. The topological polar surface area (TPSA) is 157 Å². The Kier molecular flexibility index (Phi) is 12.8. The van der Waals surface area contributed by atoms with Gasteiger partial charge in [0.1, 0.15) is 17.6 Å². The standard InChI is InChI=1S/C34H43F3N6O6S/c1-4-29(44)38-28(32(46)43-17-15-42(2)16-18-43)20-22-13-14-27(26(35)19-22)39-31(45)30(23-9-6-5-7-10-23)40-33(47)34(36,37)24-11-8-12-25(21-24)41-50(3,48)49/h8,11-14,19,21,23,30,41H,4-7,9-10,15-18,20H2,1-3H3,(H,39,45)(H,40,47)/t30-/m0/s1. The van der Waals surface area contributed by atoms with E-state index in [1.165, 1.54) is 24.3 Å². The minimum absolute atomic E-state index is 0.0313. The maximum absolute atomic E-state index is 15.4. The summed E-state index contributed by atoms with van der Waals surface area (Å²) < 4.78 is 71.6. The third-order valence-corrected chi connectivity index (χ3v) is 9.37. The fraction of sp³-hybridized carbons (Fsp3) is 0.500. The van der Waals surface area contributed by atoms with Gasteiger partial charge in [0.25, 0.3) is 11.8 Å². The summed E-state index contributed by atoms with van der Waals surface area (Å²) in [6.07, 6.45) is 4.03. The zero-order valence-corrected chi connectivity index (χ0v) is 29.1. The van der Waals surface area contributed by atoms with E-state index < -0.39 is 62.9 Å². The number of alkyl halides is 2. The van der Waals surface area contributed by atoms with Gasteiger partial charge >= 0.3 is 5.92 Å². The van der Waals surface area contributed by atoms with Crippen LogP contribution in [-0.2, 0) is 41.5 Å². The molecule has 2 aromatic rings. The highest BCUT2D eigenvalue weighted by atomic mass is 32.2. The predicted molar refractivity (Wildman–Crippen MR) is 183 cm³/mol. The summed E-state index contributed by atoms with van der Waals surface area (Å²) in [6, 6.07) is 6.61. The molecular weight excluding hydrogens is 677 g/mol. The normalized spacial score (nSPS) is 17.2. The van der Waals surface area contributed by atoms with Crippen LogP contribution in [0.3, 0.4) is 0 Å². The molecule has 3 N–H and O–H groups in total. The number of amides is 4. The van der Waals surface area contributed by atoms with Crippen molar-refractivity contribution in [2.45, 2.75) is 63.8 Å². The number of likely N-dealkylation sites (N-methyl/N-ethyl adjacent to an activating group) is 1. The third-order valence-electron chi connectivity index (χ3n) is 8.77. The number of hydrogen-bond donors (Lipinski definition) is 3. The lowest BCUT2D eigenvalue weighted by molar-refractivity contribution is -0.149. The van der Waals surface area contributed by atoms with Crippen molar-refractivity contribution in [2.24, 2.45) is 10.9 Å². The predicted octanol–water partition coefficient (Wildman–Crippen LogP) is 3.69. The number of benzene rings is 2. The zero-order chi connectivity index (χ0) is 36.6. The molecule has 0 spiro atoms. The second kappa shape index (κ2) is 16.6. The highest BCUT2D eigenvalue weighted by molar-refractivity contribution is 7.92. The molecule has 4 rings (SSSR count). The van der Waals surface area contributed by atoms with Gasteiger partial charge in [0.2, 0.25) is 21.8 Å².